The van der Waals surface area contributed by atoms with Gasteiger partial charge in [0.25, 0.3) is 11.8 Å². The van der Waals surface area contributed by atoms with Gasteiger partial charge < -0.3 is 25.4 Å². The molecule has 0 saturated carbocycles. The number of alkyl carbamates (subject to hydrolysis) is 1. The number of thioether (sulfide) groups is 1. The second-order valence-electron chi connectivity index (χ2n) is 9.62. The Bertz CT molecular complexity index is 1150. The van der Waals surface area contributed by atoms with Crippen molar-refractivity contribution in [3.63, 3.8) is 0 Å². The molecule has 1 heterocycles. The topological polar surface area (TPSA) is 108 Å². The van der Waals surface area contributed by atoms with Crippen LogP contribution >= 0.6 is 23.4 Å². The van der Waals surface area contributed by atoms with E-state index in [4.69, 9.17) is 16.3 Å². The molecule has 11 heteroatoms. The van der Waals surface area contributed by atoms with E-state index in [1.807, 2.05) is 0 Å². The fraction of sp³-hybridized carbons (Fsp3) is 0.423. The van der Waals surface area contributed by atoms with E-state index in [0.29, 0.717) is 22.0 Å². The van der Waals surface area contributed by atoms with Gasteiger partial charge in [0.2, 0.25) is 0 Å². The number of rotatable bonds is 7. The summed E-state index contributed by atoms with van der Waals surface area (Å²) in [5.74, 6) is -1.76. The minimum atomic E-state index is -0.959. The van der Waals surface area contributed by atoms with Crippen molar-refractivity contribution in [2.45, 2.75) is 63.2 Å². The lowest BCUT2D eigenvalue weighted by Crippen LogP contribution is -2.50. The molecule has 8 nitrogen and oxygen atoms in total. The van der Waals surface area contributed by atoms with Gasteiger partial charge in [0, 0.05) is 15.7 Å². The van der Waals surface area contributed by atoms with Gasteiger partial charge in [0.15, 0.2) is 0 Å². The quantitative estimate of drug-likeness (QED) is 0.467. The Morgan fingerprint density at radius 2 is 1.95 bits per heavy atom. The maximum absolute atomic E-state index is 15.1. The van der Waals surface area contributed by atoms with Crippen LogP contribution in [-0.4, -0.2) is 53.1 Å². The highest BCUT2D eigenvalue weighted by Crippen LogP contribution is 2.37. The van der Waals surface area contributed by atoms with Gasteiger partial charge >= 0.3 is 6.09 Å². The highest BCUT2D eigenvalue weighted by Gasteiger charge is 2.34. The summed E-state index contributed by atoms with van der Waals surface area (Å²) in [7, 11) is 0. The Balaban J connectivity index is 2.00. The molecular weight excluding hydrogens is 521 g/mol. The summed E-state index contributed by atoms with van der Waals surface area (Å²) in [6.45, 7) is 6.74. The van der Waals surface area contributed by atoms with Crippen LogP contribution in [-0.2, 0) is 16.1 Å². The minimum Gasteiger partial charge on any atom is -0.444 e. The van der Waals surface area contributed by atoms with E-state index in [9.17, 15) is 19.5 Å². The number of fused-ring (bicyclic) bond motifs is 1. The molecule has 1 aliphatic rings. The Hall–Kier alpha value is -2.82. The van der Waals surface area contributed by atoms with E-state index in [1.54, 1.807) is 52.0 Å². The van der Waals surface area contributed by atoms with Crippen LogP contribution in [0.5, 0.6) is 0 Å². The van der Waals surface area contributed by atoms with Crippen molar-refractivity contribution in [3.8, 4) is 0 Å². The van der Waals surface area contributed by atoms with Crippen molar-refractivity contribution in [2.75, 3.05) is 17.3 Å². The van der Waals surface area contributed by atoms with Gasteiger partial charge in [-0.25, -0.2) is 9.18 Å². The number of ether oxygens (including phenoxy) is 1. The average Bonchev–Trinajstić information content (AvgIpc) is 2.94. The molecule has 200 valence electrons. The van der Waals surface area contributed by atoms with E-state index in [0.717, 1.165) is 5.56 Å². The summed E-state index contributed by atoms with van der Waals surface area (Å²) < 4.78 is 20.4. The van der Waals surface area contributed by atoms with Crippen molar-refractivity contribution in [3.05, 3.63) is 58.4 Å². The zero-order valence-electron chi connectivity index (χ0n) is 21.1. The number of anilines is 1. The smallest absolute Gasteiger partial charge is 0.408 e. The van der Waals surface area contributed by atoms with Gasteiger partial charge in [0.1, 0.15) is 17.5 Å². The first kappa shape index (κ1) is 28.7. The zero-order chi connectivity index (χ0) is 27.3. The van der Waals surface area contributed by atoms with Gasteiger partial charge in [-0.1, -0.05) is 30.7 Å². The van der Waals surface area contributed by atoms with E-state index in [2.05, 4.69) is 10.6 Å². The second-order valence-corrected chi connectivity index (χ2v) is 11.1. The SMILES string of the molecule is CCC(CO)NC(=O)c1cc2c(cc1F)SC[C@H](NC(=O)OC(C)(C)C)C(=O)N2Cc1ccc(Cl)cc1. The van der Waals surface area contributed by atoms with Crippen molar-refractivity contribution < 1.29 is 28.6 Å². The molecule has 1 unspecified atom stereocenters. The monoisotopic (exact) mass is 551 g/mol. The van der Waals surface area contributed by atoms with Crippen LogP contribution in [0.3, 0.4) is 0 Å². The number of halogens is 2. The zero-order valence-corrected chi connectivity index (χ0v) is 22.7. The summed E-state index contributed by atoms with van der Waals surface area (Å²) in [5.41, 5.74) is 0.0711. The summed E-state index contributed by atoms with van der Waals surface area (Å²) in [4.78, 5) is 40.9. The van der Waals surface area contributed by atoms with E-state index in [1.165, 1.54) is 28.8 Å². The molecule has 0 radical (unpaired) electrons. The lowest BCUT2D eigenvalue weighted by Gasteiger charge is -2.27. The number of aliphatic hydroxyl groups is 1. The normalized spacial score (nSPS) is 16.5. The molecule has 0 aliphatic carbocycles. The number of nitrogens with one attached hydrogen (secondary N) is 2. The van der Waals surface area contributed by atoms with E-state index < -0.39 is 41.4 Å². The van der Waals surface area contributed by atoms with Crippen LogP contribution < -0.4 is 15.5 Å². The number of aliphatic hydroxyl groups excluding tert-OH is 1. The highest BCUT2D eigenvalue weighted by atomic mass is 35.5. The van der Waals surface area contributed by atoms with Crippen LogP contribution in [0.1, 0.15) is 50.0 Å². The molecule has 2 atom stereocenters. The molecule has 0 saturated heterocycles. The molecule has 0 aromatic heterocycles. The molecule has 1 aliphatic heterocycles. The van der Waals surface area contributed by atoms with Crippen molar-refractivity contribution >= 4 is 47.0 Å². The number of hydrogen-bond acceptors (Lipinski definition) is 6. The van der Waals surface area contributed by atoms with Crippen molar-refractivity contribution in [1.29, 1.82) is 0 Å². The first-order valence-corrected chi connectivity index (χ1v) is 13.2. The Morgan fingerprint density at radius 3 is 2.54 bits per heavy atom. The van der Waals surface area contributed by atoms with E-state index >= 15 is 4.39 Å². The van der Waals surface area contributed by atoms with Gasteiger partial charge in [0.05, 0.1) is 30.4 Å². The predicted molar refractivity (Wildman–Crippen MR) is 142 cm³/mol. The van der Waals surface area contributed by atoms with Crippen molar-refractivity contribution in [2.24, 2.45) is 0 Å². The fourth-order valence-electron chi connectivity index (χ4n) is 3.62. The third kappa shape index (κ3) is 7.59. The molecule has 3 N–H and O–H groups in total. The first-order valence-electron chi connectivity index (χ1n) is 11.8. The van der Waals surface area contributed by atoms with Crippen LogP contribution in [0.4, 0.5) is 14.9 Å². The molecule has 37 heavy (non-hydrogen) atoms. The second kappa shape index (κ2) is 12.1. The third-order valence-electron chi connectivity index (χ3n) is 5.55. The largest absolute Gasteiger partial charge is 0.444 e. The molecule has 3 amide bonds. The summed E-state index contributed by atoms with van der Waals surface area (Å²) in [6, 6.07) is 7.95. The molecule has 0 fully saturated rings. The average molecular weight is 552 g/mol. The lowest BCUT2D eigenvalue weighted by molar-refractivity contribution is -0.120. The molecule has 0 spiro atoms. The summed E-state index contributed by atoms with van der Waals surface area (Å²) in [5, 5.41) is 15.2. The Kier molecular flexibility index (Phi) is 9.44. The maximum Gasteiger partial charge on any atom is 0.408 e. The van der Waals surface area contributed by atoms with Crippen LogP contribution in [0.2, 0.25) is 5.02 Å². The number of carbonyl (C=O) groups is 3. The fourth-order valence-corrected chi connectivity index (χ4v) is 4.83. The van der Waals surface area contributed by atoms with Gasteiger partial charge in [-0.3, -0.25) is 9.59 Å². The van der Waals surface area contributed by atoms with Gasteiger partial charge in [-0.15, -0.1) is 11.8 Å². The number of nitrogens with zero attached hydrogens (tertiary/aromatic N) is 1. The molecule has 2 aromatic carbocycles. The van der Waals surface area contributed by atoms with Crippen LogP contribution in [0, 0.1) is 5.82 Å². The third-order valence-corrected chi connectivity index (χ3v) is 6.94. The predicted octanol–water partition coefficient (Wildman–Crippen LogP) is 4.51. The Morgan fingerprint density at radius 1 is 1.27 bits per heavy atom. The first-order chi connectivity index (χ1) is 17.4. The Labute approximate surface area is 224 Å². The molecule has 0 bridgehead atoms. The molecule has 3 rings (SSSR count). The number of carbonyl (C=O) groups excluding carboxylic acids is 3. The molecular formula is C26H31ClFN3O5S. The van der Waals surface area contributed by atoms with Gasteiger partial charge in [-0.2, -0.15) is 0 Å². The number of benzene rings is 2. The van der Waals surface area contributed by atoms with Crippen LogP contribution in [0.15, 0.2) is 41.3 Å². The lowest BCUT2D eigenvalue weighted by atomic mass is 10.1. The van der Waals surface area contributed by atoms with Crippen molar-refractivity contribution in [1.82, 2.24) is 10.6 Å². The molecule has 2 aromatic rings. The van der Waals surface area contributed by atoms with Gasteiger partial charge in [-0.05, 0) is 57.0 Å². The summed E-state index contributed by atoms with van der Waals surface area (Å²) in [6.07, 6.45) is -0.283. The highest BCUT2D eigenvalue weighted by molar-refractivity contribution is 7.99. The standard InChI is InChI=1S/C26H31ClFN3O5S/c1-5-17(13-32)29-23(33)18-10-21-22(11-19(18)28)37-14-20(30-25(35)36-26(2,3)4)24(34)31(21)12-15-6-8-16(27)9-7-15/h6-11,17,20,32H,5,12-14H2,1-4H3,(H,29,33)(H,30,35)/t17?,20-/m0/s1. The maximum atomic E-state index is 15.1. The summed E-state index contributed by atoms with van der Waals surface area (Å²) >= 11 is 7.20. The minimum absolute atomic E-state index is 0.0942. The van der Waals surface area contributed by atoms with Crippen LogP contribution in [0.25, 0.3) is 0 Å². The number of amides is 3. The van der Waals surface area contributed by atoms with E-state index in [-0.39, 0.29) is 24.5 Å². The number of hydrogen-bond donors (Lipinski definition) is 3.